The summed E-state index contributed by atoms with van der Waals surface area (Å²) in [6.45, 7) is 0. The molecule has 0 aliphatic carbocycles. The molecular weight excluding hydrogens is 701 g/mol. The standard InChI is InChI=1S/C51H30N4O2/c1-3-11-31(12-4-1)49-52-50(54-51(53-49)35-19-23-39-38-16-8-10-18-45(38)57-48(39)30-35)34-22-26-47-42(29-34)41-28-33(21-25-46(41)56-47)32-20-24-44-40(27-32)37-15-7-9-17-43(37)55(44)36-13-5-2-6-14-36/h1-30H. The van der Waals surface area contributed by atoms with Gasteiger partial charge in [-0.1, -0.05) is 103 Å². The quantitative estimate of drug-likeness (QED) is 0.176. The number of benzene rings is 8. The Kier molecular flexibility index (Phi) is 6.83. The van der Waals surface area contributed by atoms with Crippen molar-refractivity contribution in [3.8, 4) is 51.0 Å². The maximum atomic E-state index is 6.40. The van der Waals surface area contributed by atoms with Crippen molar-refractivity contribution in [2.45, 2.75) is 0 Å². The van der Waals surface area contributed by atoms with Crippen molar-refractivity contribution in [3.05, 3.63) is 182 Å². The summed E-state index contributed by atoms with van der Waals surface area (Å²) >= 11 is 0. The molecule has 0 amide bonds. The molecule has 0 saturated heterocycles. The van der Waals surface area contributed by atoms with E-state index in [1.54, 1.807) is 0 Å². The predicted molar refractivity (Wildman–Crippen MR) is 230 cm³/mol. The molecule has 0 spiro atoms. The van der Waals surface area contributed by atoms with Crippen molar-refractivity contribution in [2.24, 2.45) is 0 Å². The SMILES string of the molecule is c1ccc(-c2nc(-c3ccc4c(c3)oc3ccccc34)nc(-c3ccc4oc5ccc(-c6ccc7c(c6)c6ccccc6n7-c6ccccc6)cc5c4c3)n2)cc1. The van der Waals surface area contributed by atoms with Crippen LogP contribution in [0.15, 0.2) is 191 Å². The first-order chi connectivity index (χ1) is 28.2. The lowest BCUT2D eigenvalue weighted by Crippen LogP contribution is -2.00. The van der Waals surface area contributed by atoms with Crippen LogP contribution in [0, 0.1) is 0 Å². The van der Waals surface area contributed by atoms with Crippen LogP contribution in [0.4, 0.5) is 0 Å². The van der Waals surface area contributed by atoms with E-state index in [1.807, 2.05) is 66.7 Å². The zero-order valence-corrected chi connectivity index (χ0v) is 30.4. The molecule has 0 aliphatic rings. The first-order valence-corrected chi connectivity index (χ1v) is 19.0. The van der Waals surface area contributed by atoms with Gasteiger partial charge in [0.2, 0.25) is 0 Å². The van der Waals surface area contributed by atoms with Crippen LogP contribution in [-0.4, -0.2) is 19.5 Å². The highest BCUT2D eigenvalue weighted by atomic mass is 16.3. The van der Waals surface area contributed by atoms with Crippen molar-refractivity contribution < 1.29 is 8.83 Å². The van der Waals surface area contributed by atoms with E-state index >= 15 is 0 Å². The summed E-state index contributed by atoms with van der Waals surface area (Å²) in [6.07, 6.45) is 0. The summed E-state index contributed by atoms with van der Waals surface area (Å²) in [4.78, 5) is 15.1. The van der Waals surface area contributed by atoms with Crippen LogP contribution in [0.5, 0.6) is 0 Å². The summed E-state index contributed by atoms with van der Waals surface area (Å²) in [5.41, 5.74) is 11.7. The smallest absolute Gasteiger partial charge is 0.164 e. The molecule has 0 atom stereocenters. The number of hydrogen-bond donors (Lipinski definition) is 0. The first-order valence-electron chi connectivity index (χ1n) is 19.0. The number of fused-ring (bicyclic) bond motifs is 9. The van der Waals surface area contributed by atoms with Gasteiger partial charge in [-0.3, -0.25) is 0 Å². The molecule has 0 fully saturated rings. The number of furan rings is 2. The maximum absolute atomic E-state index is 6.40. The zero-order valence-electron chi connectivity index (χ0n) is 30.4. The van der Waals surface area contributed by atoms with Crippen molar-refractivity contribution in [1.29, 1.82) is 0 Å². The van der Waals surface area contributed by atoms with E-state index in [9.17, 15) is 0 Å². The minimum absolute atomic E-state index is 0.574. The largest absolute Gasteiger partial charge is 0.456 e. The van der Waals surface area contributed by atoms with Crippen molar-refractivity contribution >= 4 is 65.7 Å². The second-order valence-corrected chi connectivity index (χ2v) is 14.4. The molecule has 6 heteroatoms. The Morgan fingerprint density at radius 2 is 0.789 bits per heavy atom. The molecule has 12 rings (SSSR count). The lowest BCUT2D eigenvalue weighted by molar-refractivity contribution is 0.668. The highest BCUT2D eigenvalue weighted by molar-refractivity contribution is 6.12. The van der Waals surface area contributed by atoms with Gasteiger partial charge in [-0.25, -0.2) is 15.0 Å². The van der Waals surface area contributed by atoms with Crippen LogP contribution in [0.25, 0.3) is 117 Å². The Morgan fingerprint density at radius 3 is 1.56 bits per heavy atom. The van der Waals surface area contributed by atoms with E-state index < -0.39 is 0 Å². The second kappa shape index (κ2) is 12.3. The molecule has 0 bridgehead atoms. The van der Waals surface area contributed by atoms with Crippen LogP contribution in [0.2, 0.25) is 0 Å². The minimum atomic E-state index is 0.574. The van der Waals surface area contributed by atoms with Crippen LogP contribution in [0.1, 0.15) is 0 Å². The Morgan fingerprint density at radius 1 is 0.298 bits per heavy atom. The number of aromatic nitrogens is 4. The van der Waals surface area contributed by atoms with Gasteiger partial charge in [0.1, 0.15) is 22.3 Å². The Balaban J connectivity index is 0.990. The number of para-hydroxylation sites is 3. The van der Waals surface area contributed by atoms with E-state index in [-0.39, 0.29) is 0 Å². The van der Waals surface area contributed by atoms with Gasteiger partial charge in [-0.15, -0.1) is 0 Å². The molecule has 0 radical (unpaired) electrons. The first kappa shape index (κ1) is 31.5. The maximum Gasteiger partial charge on any atom is 0.164 e. The lowest BCUT2D eigenvalue weighted by atomic mass is 10.00. The van der Waals surface area contributed by atoms with Crippen LogP contribution in [-0.2, 0) is 0 Å². The van der Waals surface area contributed by atoms with Crippen molar-refractivity contribution in [1.82, 2.24) is 19.5 Å². The molecule has 266 valence electrons. The summed E-state index contributed by atoms with van der Waals surface area (Å²) in [5, 5.41) is 6.61. The molecule has 0 aliphatic heterocycles. The topological polar surface area (TPSA) is 69.9 Å². The summed E-state index contributed by atoms with van der Waals surface area (Å²) in [5.74, 6) is 1.75. The van der Waals surface area contributed by atoms with Crippen molar-refractivity contribution in [3.63, 3.8) is 0 Å². The van der Waals surface area contributed by atoms with Gasteiger partial charge in [0, 0.05) is 54.7 Å². The Labute approximate surface area is 325 Å². The van der Waals surface area contributed by atoms with E-state index in [2.05, 4.69) is 120 Å². The van der Waals surface area contributed by atoms with Gasteiger partial charge in [-0.05, 0) is 90.0 Å². The van der Waals surface area contributed by atoms with Gasteiger partial charge >= 0.3 is 0 Å². The predicted octanol–water partition coefficient (Wildman–Crippen LogP) is 13.4. The van der Waals surface area contributed by atoms with Gasteiger partial charge in [0.15, 0.2) is 17.5 Å². The second-order valence-electron chi connectivity index (χ2n) is 14.4. The van der Waals surface area contributed by atoms with E-state index in [1.165, 1.54) is 21.8 Å². The third kappa shape index (κ3) is 5.08. The average Bonchev–Trinajstić information content (AvgIpc) is 3.95. The lowest BCUT2D eigenvalue weighted by Gasteiger charge is -2.09. The van der Waals surface area contributed by atoms with Gasteiger partial charge in [0.05, 0.1) is 11.0 Å². The number of rotatable bonds is 5. The normalized spacial score (nSPS) is 11.9. The molecule has 12 aromatic rings. The molecule has 57 heavy (non-hydrogen) atoms. The zero-order chi connectivity index (χ0) is 37.5. The molecule has 6 nitrogen and oxygen atoms in total. The van der Waals surface area contributed by atoms with Gasteiger partial charge < -0.3 is 13.4 Å². The fraction of sp³-hybridized carbons (Fsp3) is 0. The highest BCUT2D eigenvalue weighted by Crippen LogP contribution is 2.39. The molecule has 0 unspecified atom stereocenters. The van der Waals surface area contributed by atoms with Crippen LogP contribution in [0.3, 0.4) is 0 Å². The third-order valence-corrected chi connectivity index (χ3v) is 11.1. The van der Waals surface area contributed by atoms with E-state index in [4.69, 9.17) is 23.8 Å². The molecule has 0 saturated carbocycles. The Hall–Kier alpha value is -7.83. The fourth-order valence-electron chi connectivity index (χ4n) is 8.32. The van der Waals surface area contributed by atoms with Crippen LogP contribution < -0.4 is 0 Å². The molecule has 0 N–H and O–H groups in total. The summed E-state index contributed by atoms with van der Waals surface area (Å²) < 4.78 is 15.0. The minimum Gasteiger partial charge on any atom is -0.456 e. The monoisotopic (exact) mass is 730 g/mol. The molecule has 8 aromatic carbocycles. The highest BCUT2D eigenvalue weighted by Gasteiger charge is 2.18. The Bertz CT molecular complexity index is 3530. The van der Waals surface area contributed by atoms with Crippen LogP contribution >= 0.6 is 0 Å². The van der Waals surface area contributed by atoms with E-state index in [0.717, 1.165) is 77.4 Å². The molecular formula is C51H30N4O2. The molecule has 4 heterocycles. The third-order valence-electron chi connectivity index (χ3n) is 11.1. The average molecular weight is 731 g/mol. The summed E-state index contributed by atoms with van der Waals surface area (Å²) in [6, 6.07) is 62.9. The van der Waals surface area contributed by atoms with Gasteiger partial charge in [0.25, 0.3) is 0 Å². The van der Waals surface area contributed by atoms with Gasteiger partial charge in [-0.2, -0.15) is 0 Å². The van der Waals surface area contributed by atoms with Crippen molar-refractivity contribution in [2.75, 3.05) is 0 Å². The number of hydrogen-bond acceptors (Lipinski definition) is 5. The van der Waals surface area contributed by atoms with E-state index in [0.29, 0.717) is 17.5 Å². The number of nitrogens with zero attached hydrogens (tertiary/aromatic N) is 4. The fourth-order valence-corrected chi connectivity index (χ4v) is 8.32. The molecule has 4 aromatic heterocycles. The summed E-state index contributed by atoms with van der Waals surface area (Å²) in [7, 11) is 0.